The van der Waals surface area contributed by atoms with Crippen LogP contribution in [0, 0.1) is 13.8 Å². The van der Waals surface area contributed by atoms with Gasteiger partial charge in [0, 0.05) is 17.5 Å². The number of hydrogen-bond donors (Lipinski definition) is 2. The fourth-order valence-corrected chi connectivity index (χ4v) is 2.69. The van der Waals surface area contributed by atoms with Gasteiger partial charge in [0.25, 0.3) is 0 Å². The zero-order valence-corrected chi connectivity index (χ0v) is 11.4. The van der Waals surface area contributed by atoms with E-state index in [2.05, 4.69) is 0 Å². The molecule has 98 valence electrons. The average Bonchev–Trinajstić information content (AvgIpc) is 2.39. The Morgan fingerprint density at radius 1 is 1.11 bits per heavy atom. The molecule has 0 saturated carbocycles. The number of phenols is 2. The van der Waals surface area contributed by atoms with Gasteiger partial charge in [-0.05, 0) is 37.1 Å². The van der Waals surface area contributed by atoms with Crippen molar-refractivity contribution in [3.8, 4) is 23.0 Å². The lowest BCUT2D eigenvalue weighted by molar-refractivity contribution is 0.427. The van der Waals surface area contributed by atoms with Gasteiger partial charge in [-0.25, -0.2) is 0 Å². The first-order valence-electron chi connectivity index (χ1n) is 5.99. The molecule has 0 unspecified atom stereocenters. The van der Waals surface area contributed by atoms with Crippen LogP contribution in [0.2, 0.25) is 5.02 Å². The summed E-state index contributed by atoms with van der Waals surface area (Å²) in [6, 6.07) is 5.38. The Balaban J connectivity index is 2.20. The second-order valence-corrected chi connectivity index (χ2v) is 5.20. The molecular formula is C15H13ClO3. The Hall–Kier alpha value is -1.87. The Labute approximate surface area is 116 Å². The molecule has 2 N–H and O–H groups in total. The van der Waals surface area contributed by atoms with Crippen molar-refractivity contribution in [3.63, 3.8) is 0 Å². The van der Waals surface area contributed by atoms with Crippen molar-refractivity contribution in [1.82, 2.24) is 0 Å². The van der Waals surface area contributed by atoms with Gasteiger partial charge < -0.3 is 14.9 Å². The van der Waals surface area contributed by atoms with E-state index in [1.807, 2.05) is 12.1 Å². The Morgan fingerprint density at radius 2 is 1.84 bits per heavy atom. The van der Waals surface area contributed by atoms with Crippen molar-refractivity contribution in [2.45, 2.75) is 20.3 Å². The maximum atomic E-state index is 9.87. The van der Waals surface area contributed by atoms with Crippen molar-refractivity contribution in [1.29, 1.82) is 0 Å². The topological polar surface area (TPSA) is 49.7 Å². The van der Waals surface area contributed by atoms with Crippen LogP contribution in [0.5, 0.6) is 23.0 Å². The van der Waals surface area contributed by atoms with Gasteiger partial charge in [0.05, 0.1) is 0 Å². The van der Waals surface area contributed by atoms with Crippen LogP contribution in [-0.2, 0) is 6.42 Å². The van der Waals surface area contributed by atoms with Crippen LogP contribution in [0.15, 0.2) is 18.2 Å². The van der Waals surface area contributed by atoms with Crippen LogP contribution in [-0.4, -0.2) is 10.2 Å². The third-order valence-electron chi connectivity index (χ3n) is 3.51. The first kappa shape index (κ1) is 12.2. The Kier molecular flexibility index (Phi) is 2.61. The van der Waals surface area contributed by atoms with Gasteiger partial charge in [-0.3, -0.25) is 0 Å². The van der Waals surface area contributed by atoms with Crippen LogP contribution >= 0.6 is 11.6 Å². The highest BCUT2D eigenvalue weighted by atomic mass is 35.5. The predicted molar refractivity (Wildman–Crippen MR) is 73.6 cm³/mol. The number of aryl methyl sites for hydroxylation is 1. The molecule has 19 heavy (non-hydrogen) atoms. The zero-order chi connectivity index (χ0) is 13.7. The predicted octanol–water partition coefficient (Wildman–Crippen LogP) is 4.06. The second kappa shape index (κ2) is 4.07. The molecule has 0 saturated heterocycles. The lowest BCUT2D eigenvalue weighted by Gasteiger charge is -2.24. The van der Waals surface area contributed by atoms with E-state index in [9.17, 15) is 10.2 Å². The molecule has 0 aromatic heterocycles. The summed E-state index contributed by atoms with van der Waals surface area (Å²) in [6.45, 7) is 3.60. The van der Waals surface area contributed by atoms with Crippen molar-refractivity contribution in [3.05, 3.63) is 45.5 Å². The maximum Gasteiger partial charge on any atom is 0.153 e. The maximum absolute atomic E-state index is 9.87. The molecule has 1 aliphatic heterocycles. The number of ether oxygens (including phenoxy) is 1. The van der Waals surface area contributed by atoms with Gasteiger partial charge in [-0.15, -0.1) is 0 Å². The summed E-state index contributed by atoms with van der Waals surface area (Å²) in [6.07, 6.45) is 0.673. The second-order valence-electron chi connectivity index (χ2n) is 4.82. The molecule has 2 aromatic rings. The van der Waals surface area contributed by atoms with Crippen molar-refractivity contribution in [2.24, 2.45) is 0 Å². The van der Waals surface area contributed by atoms with Crippen molar-refractivity contribution in [2.75, 3.05) is 0 Å². The molecule has 1 aliphatic rings. The van der Waals surface area contributed by atoms with Crippen LogP contribution < -0.4 is 4.74 Å². The summed E-state index contributed by atoms with van der Waals surface area (Å²) in [4.78, 5) is 0. The molecular weight excluding hydrogens is 264 g/mol. The number of rotatable bonds is 0. The molecule has 3 nitrogen and oxygen atoms in total. The van der Waals surface area contributed by atoms with E-state index >= 15 is 0 Å². The molecule has 0 amide bonds. The molecule has 0 atom stereocenters. The number of fused-ring (bicyclic) bond motifs is 2. The van der Waals surface area contributed by atoms with E-state index < -0.39 is 0 Å². The highest BCUT2D eigenvalue weighted by molar-refractivity contribution is 6.33. The number of phenolic OH excluding ortho intramolecular Hbond substituents is 2. The summed E-state index contributed by atoms with van der Waals surface area (Å²) >= 11 is 6.14. The van der Waals surface area contributed by atoms with E-state index in [1.54, 1.807) is 19.9 Å². The molecule has 3 rings (SSSR count). The number of benzene rings is 2. The number of halogens is 1. The minimum atomic E-state index is 0.0432. The first-order valence-corrected chi connectivity index (χ1v) is 6.37. The largest absolute Gasteiger partial charge is 0.508 e. The van der Waals surface area contributed by atoms with Crippen LogP contribution in [0.4, 0.5) is 0 Å². The first-order chi connectivity index (χ1) is 8.99. The van der Waals surface area contributed by atoms with Gasteiger partial charge in [-0.2, -0.15) is 0 Å². The van der Waals surface area contributed by atoms with Gasteiger partial charge in [0.2, 0.25) is 0 Å². The molecule has 0 spiro atoms. The molecule has 4 heteroatoms. The monoisotopic (exact) mass is 276 g/mol. The summed E-state index contributed by atoms with van der Waals surface area (Å²) in [5, 5.41) is 19.8. The quantitative estimate of drug-likeness (QED) is 0.651. The highest BCUT2D eigenvalue weighted by Crippen LogP contribution is 2.47. The summed E-state index contributed by atoms with van der Waals surface area (Å²) in [7, 11) is 0. The smallest absolute Gasteiger partial charge is 0.153 e. The van der Waals surface area contributed by atoms with Crippen LogP contribution in [0.1, 0.15) is 22.3 Å². The summed E-state index contributed by atoms with van der Waals surface area (Å²) in [5.74, 6) is 1.33. The molecule has 1 heterocycles. The van der Waals surface area contributed by atoms with Crippen molar-refractivity contribution >= 4 is 11.6 Å². The summed E-state index contributed by atoms with van der Waals surface area (Å²) < 4.78 is 5.80. The fourth-order valence-electron chi connectivity index (χ4n) is 2.38. The minimum absolute atomic E-state index is 0.0432. The van der Waals surface area contributed by atoms with E-state index in [4.69, 9.17) is 16.3 Å². The van der Waals surface area contributed by atoms with E-state index in [-0.39, 0.29) is 16.5 Å². The van der Waals surface area contributed by atoms with Crippen molar-refractivity contribution < 1.29 is 14.9 Å². The Morgan fingerprint density at radius 3 is 2.58 bits per heavy atom. The van der Waals surface area contributed by atoms with Crippen LogP contribution in [0.3, 0.4) is 0 Å². The number of aromatic hydroxyl groups is 2. The van der Waals surface area contributed by atoms with Gasteiger partial charge in [0.1, 0.15) is 22.3 Å². The van der Waals surface area contributed by atoms with Gasteiger partial charge >= 0.3 is 0 Å². The third kappa shape index (κ3) is 1.73. The average molecular weight is 277 g/mol. The van der Waals surface area contributed by atoms with E-state index in [0.29, 0.717) is 23.5 Å². The fraction of sp³-hybridized carbons (Fsp3) is 0.200. The molecule has 0 radical (unpaired) electrons. The van der Waals surface area contributed by atoms with Gasteiger partial charge in [0.15, 0.2) is 5.75 Å². The SMILES string of the molecule is Cc1cc2c(c(Cl)c1O)Oc1c(ccc(O)c1C)C2. The summed E-state index contributed by atoms with van der Waals surface area (Å²) in [5.41, 5.74) is 3.35. The minimum Gasteiger partial charge on any atom is -0.508 e. The lowest BCUT2D eigenvalue weighted by Crippen LogP contribution is -2.05. The van der Waals surface area contributed by atoms with Crippen LogP contribution in [0.25, 0.3) is 0 Å². The lowest BCUT2D eigenvalue weighted by atomic mass is 9.96. The van der Waals surface area contributed by atoms with Gasteiger partial charge in [-0.1, -0.05) is 17.7 Å². The third-order valence-corrected chi connectivity index (χ3v) is 3.86. The molecule has 0 aliphatic carbocycles. The Bertz CT molecular complexity index is 693. The molecule has 2 aromatic carbocycles. The normalized spacial score (nSPS) is 12.6. The standard InChI is InChI=1S/C15H13ClO3/c1-7-5-10-6-9-3-4-11(17)8(2)14(9)19-15(10)12(16)13(7)18/h3-5,17-18H,6H2,1-2H3. The highest BCUT2D eigenvalue weighted by Gasteiger charge is 2.24. The zero-order valence-electron chi connectivity index (χ0n) is 10.6. The van der Waals surface area contributed by atoms with E-state index in [0.717, 1.165) is 16.7 Å². The molecule has 0 fully saturated rings. The number of hydrogen-bond acceptors (Lipinski definition) is 3. The van der Waals surface area contributed by atoms with E-state index in [1.165, 1.54) is 0 Å². The molecule has 0 bridgehead atoms.